The molecule has 1 heterocycles. The number of carbonyl (C=O) groups is 2. The Labute approximate surface area is 140 Å². The minimum Gasteiger partial charge on any atom is -0.467 e. The third-order valence-electron chi connectivity index (χ3n) is 4.50. The highest BCUT2D eigenvalue weighted by molar-refractivity contribution is 5.87. The smallest absolute Gasteiger partial charge is 0.331 e. The van der Waals surface area contributed by atoms with Crippen molar-refractivity contribution >= 4 is 24.3 Å². The van der Waals surface area contributed by atoms with Crippen molar-refractivity contribution in [2.24, 2.45) is 11.8 Å². The molecule has 2 atom stereocenters. The van der Waals surface area contributed by atoms with E-state index in [0.29, 0.717) is 24.7 Å². The van der Waals surface area contributed by atoms with Gasteiger partial charge in [-0.2, -0.15) is 0 Å². The Morgan fingerprint density at radius 1 is 1.36 bits per heavy atom. The Hall–Kier alpha value is -0.810. The summed E-state index contributed by atoms with van der Waals surface area (Å²) in [5, 5.41) is 6.22. The van der Waals surface area contributed by atoms with E-state index in [1.807, 2.05) is 6.92 Å². The first-order valence-corrected chi connectivity index (χ1v) is 8.03. The molecule has 0 bridgehead atoms. The first-order chi connectivity index (χ1) is 9.92. The average molecular weight is 335 g/mol. The van der Waals surface area contributed by atoms with Crippen LogP contribution in [-0.2, 0) is 14.3 Å². The standard InChI is InChI=1S/C16H30N2O3.ClH/c1-5-8-16(3,15(20)21-4)18-14(19)11-12(2)13-6-9-17-10-7-13;/h12-13,17H,5-11H2,1-4H3,(H,18,19);1H. The fourth-order valence-electron chi connectivity index (χ4n) is 3.17. The number of piperidine rings is 1. The molecule has 0 saturated carbocycles. The molecular formula is C16H31ClN2O3. The van der Waals surface area contributed by atoms with Crippen LogP contribution in [0.15, 0.2) is 0 Å². The SMILES string of the molecule is CCCC(C)(NC(=O)CC(C)C1CCNCC1)C(=O)OC.Cl. The van der Waals surface area contributed by atoms with Gasteiger partial charge in [0.1, 0.15) is 5.54 Å². The van der Waals surface area contributed by atoms with Gasteiger partial charge < -0.3 is 15.4 Å². The topological polar surface area (TPSA) is 67.4 Å². The molecule has 6 heteroatoms. The van der Waals surface area contributed by atoms with Crippen LogP contribution in [0, 0.1) is 11.8 Å². The third kappa shape index (κ3) is 6.13. The van der Waals surface area contributed by atoms with Crippen molar-refractivity contribution in [1.82, 2.24) is 10.6 Å². The second-order valence-corrected chi connectivity index (χ2v) is 6.39. The molecule has 2 unspecified atom stereocenters. The Morgan fingerprint density at radius 3 is 2.45 bits per heavy atom. The van der Waals surface area contributed by atoms with Crippen LogP contribution in [0.2, 0.25) is 0 Å². The molecule has 1 rings (SSSR count). The molecule has 1 aliphatic rings. The van der Waals surface area contributed by atoms with Gasteiger partial charge in [0, 0.05) is 6.42 Å². The molecule has 0 spiro atoms. The summed E-state index contributed by atoms with van der Waals surface area (Å²) in [6.45, 7) is 7.93. The summed E-state index contributed by atoms with van der Waals surface area (Å²) in [7, 11) is 1.36. The summed E-state index contributed by atoms with van der Waals surface area (Å²) in [5.74, 6) is 0.512. The molecule has 5 nitrogen and oxygen atoms in total. The van der Waals surface area contributed by atoms with E-state index in [2.05, 4.69) is 17.6 Å². The van der Waals surface area contributed by atoms with Gasteiger partial charge in [0.25, 0.3) is 0 Å². The highest BCUT2D eigenvalue weighted by atomic mass is 35.5. The fraction of sp³-hybridized carbons (Fsp3) is 0.875. The van der Waals surface area contributed by atoms with Crippen molar-refractivity contribution in [3.63, 3.8) is 0 Å². The summed E-state index contributed by atoms with van der Waals surface area (Å²) in [6.07, 6.45) is 4.12. The van der Waals surface area contributed by atoms with Crippen molar-refractivity contribution in [1.29, 1.82) is 0 Å². The zero-order valence-electron chi connectivity index (χ0n) is 14.2. The van der Waals surface area contributed by atoms with Gasteiger partial charge >= 0.3 is 5.97 Å². The van der Waals surface area contributed by atoms with E-state index >= 15 is 0 Å². The number of ether oxygens (including phenoxy) is 1. The maximum absolute atomic E-state index is 12.3. The molecule has 130 valence electrons. The highest BCUT2D eigenvalue weighted by Gasteiger charge is 2.35. The lowest BCUT2D eigenvalue weighted by Crippen LogP contribution is -2.53. The van der Waals surface area contributed by atoms with Gasteiger partial charge in [-0.3, -0.25) is 4.79 Å². The van der Waals surface area contributed by atoms with Gasteiger partial charge in [-0.25, -0.2) is 4.79 Å². The number of halogens is 1. The zero-order valence-corrected chi connectivity index (χ0v) is 15.1. The van der Waals surface area contributed by atoms with E-state index in [1.54, 1.807) is 6.92 Å². The quantitative estimate of drug-likeness (QED) is 0.701. The predicted octanol–water partition coefficient (Wildman–Crippen LogP) is 2.28. The van der Waals surface area contributed by atoms with Crippen LogP contribution in [-0.4, -0.2) is 37.6 Å². The highest BCUT2D eigenvalue weighted by Crippen LogP contribution is 2.25. The lowest BCUT2D eigenvalue weighted by Gasteiger charge is -2.31. The van der Waals surface area contributed by atoms with Crippen LogP contribution in [0.3, 0.4) is 0 Å². The van der Waals surface area contributed by atoms with Crippen LogP contribution in [0.5, 0.6) is 0 Å². The molecule has 0 aliphatic carbocycles. The van der Waals surface area contributed by atoms with Crippen LogP contribution < -0.4 is 10.6 Å². The number of nitrogens with one attached hydrogen (secondary N) is 2. The average Bonchev–Trinajstić information content (AvgIpc) is 2.47. The number of methoxy groups -OCH3 is 1. The van der Waals surface area contributed by atoms with Gasteiger partial charge in [-0.05, 0) is 51.1 Å². The van der Waals surface area contributed by atoms with Crippen molar-refractivity contribution in [2.45, 2.75) is 58.4 Å². The Morgan fingerprint density at radius 2 is 1.95 bits per heavy atom. The molecule has 1 fully saturated rings. The number of rotatable bonds is 7. The second-order valence-electron chi connectivity index (χ2n) is 6.39. The molecule has 1 amide bonds. The second kappa shape index (κ2) is 10.1. The molecule has 0 radical (unpaired) electrons. The van der Waals surface area contributed by atoms with Crippen molar-refractivity contribution in [3.05, 3.63) is 0 Å². The molecule has 1 aliphatic heterocycles. The number of carbonyl (C=O) groups excluding carboxylic acids is 2. The van der Waals surface area contributed by atoms with E-state index in [9.17, 15) is 9.59 Å². The summed E-state index contributed by atoms with van der Waals surface area (Å²) < 4.78 is 4.83. The van der Waals surface area contributed by atoms with Crippen LogP contribution in [0.4, 0.5) is 0 Å². The molecule has 1 saturated heterocycles. The molecule has 22 heavy (non-hydrogen) atoms. The molecule has 0 aromatic carbocycles. The summed E-state index contributed by atoms with van der Waals surface area (Å²) in [6, 6.07) is 0. The van der Waals surface area contributed by atoms with E-state index in [4.69, 9.17) is 4.74 Å². The summed E-state index contributed by atoms with van der Waals surface area (Å²) >= 11 is 0. The fourth-order valence-corrected chi connectivity index (χ4v) is 3.17. The number of hydrogen-bond acceptors (Lipinski definition) is 4. The van der Waals surface area contributed by atoms with E-state index < -0.39 is 5.54 Å². The van der Waals surface area contributed by atoms with Gasteiger partial charge in [0.2, 0.25) is 5.91 Å². The lowest BCUT2D eigenvalue weighted by atomic mass is 9.83. The maximum Gasteiger partial charge on any atom is 0.331 e. The predicted molar refractivity (Wildman–Crippen MR) is 90.1 cm³/mol. The molecule has 2 N–H and O–H groups in total. The Bertz CT molecular complexity index is 359. The number of hydrogen-bond donors (Lipinski definition) is 2. The normalized spacial score (nSPS) is 19.5. The summed E-state index contributed by atoms with van der Waals surface area (Å²) in [5.41, 5.74) is -0.908. The maximum atomic E-state index is 12.3. The minimum absolute atomic E-state index is 0. The van der Waals surface area contributed by atoms with Crippen molar-refractivity contribution in [2.75, 3.05) is 20.2 Å². The van der Waals surface area contributed by atoms with Crippen molar-refractivity contribution in [3.8, 4) is 0 Å². The van der Waals surface area contributed by atoms with Gasteiger partial charge in [-0.1, -0.05) is 20.3 Å². The zero-order chi connectivity index (χ0) is 15.9. The van der Waals surface area contributed by atoms with Crippen LogP contribution >= 0.6 is 12.4 Å². The van der Waals surface area contributed by atoms with E-state index in [1.165, 1.54) is 7.11 Å². The van der Waals surface area contributed by atoms with Crippen LogP contribution in [0.1, 0.15) is 52.9 Å². The monoisotopic (exact) mass is 334 g/mol. The molecule has 0 aromatic heterocycles. The van der Waals surface area contributed by atoms with E-state index in [0.717, 1.165) is 32.4 Å². The first kappa shape index (κ1) is 21.2. The third-order valence-corrected chi connectivity index (χ3v) is 4.50. The summed E-state index contributed by atoms with van der Waals surface area (Å²) in [4.78, 5) is 24.2. The number of amides is 1. The number of esters is 1. The van der Waals surface area contributed by atoms with Crippen LogP contribution in [0.25, 0.3) is 0 Å². The molecular weight excluding hydrogens is 304 g/mol. The minimum atomic E-state index is -0.908. The van der Waals surface area contributed by atoms with Crippen molar-refractivity contribution < 1.29 is 14.3 Å². The lowest BCUT2D eigenvalue weighted by molar-refractivity contribution is -0.150. The van der Waals surface area contributed by atoms with Gasteiger partial charge in [0.05, 0.1) is 7.11 Å². The first-order valence-electron chi connectivity index (χ1n) is 8.03. The Balaban J connectivity index is 0.00000441. The molecule has 0 aromatic rings. The largest absolute Gasteiger partial charge is 0.467 e. The van der Waals surface area contributed by atoms with E-state index in [-0.39, 0.29) is 24.3 Å². The Kier molecular flexibility index (Phi) is 9.69. The van der Waals surface area contributed by atoms with Gasteiger partial charge in [0.15, 0.2) is 0 Å². The van der Waals surface area contributed by atoms with Gasteiger partial charge in [-0.15, -0.1) is 12.4 Å².